The molecule has 1 N–H and O–H groups in total. The molecule has 18 heavy (non-hydrogen) atoms. The van der Waals surface area contributed by atoms with E-state index in [9.17, 15) is 4.79 Å². The monoisotopic (exact) mass is 246 g/mol. The molecule has 1 atom stereocenters. The number of carbonyl (C=O) groups is 1. The van der Waals surface area contributed by atoms with Gasteiger partial charge >= 0.3 is 0 Å². The Hall–Kier alpha value is -1.96. The van der Waals surface area contributed by atoms with Crippen LogP contribution in [0.3, 0.4) is 0 Å². The zero-order valence-electron chi connectivity index (χ0n) is 11.0. The fraction of sp³-hybridized carbons (Fsp3) is 0.538. The number of rotatable bonds is 5. The molecule has 0 bridgehead atoms. The summed E-state index contributed by atoms with van der Waals surface area (Å²) in [4.78, 5) is 20.2. The average Bonchev–Trinajstić information content (AvgIpc) is 2.29. The van der Waals surface area contributed by atoms with Gasteiger partial charge in [-0.15, -0.1) is 0 Å². The molecule has 0 fully saturated rings. The van der Waals surface area contributed by atoms with Crippen LogP contribution < -0.4 is 5.32 Å². The number of amides is 1. The highest BCUT2D eigenvalue weighted by atomic mass is 16.1. The average molecular weight is 246 g/mol. The number of carbonyl (C=O) groups excluding carboxylic acids is 1. The van der Waals surface area contributed by atoms with E-state index in [0.29, 0.717) is 6.54 Å². The lowest BCUT2D eigenvalue weighted by atomic mass is 10.1. The number of nitrogens with zero attached hydrogens (tertiary/aromatic N) is 3. The van der Waals surface area contributed by atoms with Crippen molar-refractivity contribution in [2.75, 3.05) is 6.54 Å². The zero-order valence-corrected chi connectivity index (χ0v) is 11.0. The topological polar surface area (TPSA) is 78.7 Å². The predicted octanol–water partition coefficient (Wildman–Crippen LogP) is 1.62. The van der Waals surface area contributed by atoms with E-state index < -0.39 is 5.92 Å². The Morgan fingerprint density at radius 3 is 2.56 bits per heavy atom. The van der Waals surface area contributed by atoms with E-state index in [1.165, 1.54) is 0 Å². The fourth-order valence-electron chi connectivity index (χ4n) is 1.61. The Bertz CT molecular complexity index is 444. The number of nitriles is 1. The van der Waals surface area contributed by atoms with Gasteiger partial charge in [0, 0.05) is 17.9 Å². The number of nitrogens with one attached hydrogen (secondary N) is 1. The van der Waals surface area contributed by atoms with Gasteiger partial charge in [0.15, 0.2) is 11.7 Å². The summed E-state index contributed by atoms with van der Waals surface area (Å²) in [5, 5.41) is 11.8. The Balaban J connectivity index is 2.83. The van der Waals surface area contributed by atoms with Gasteiger partial charge in [0.25, 0.3) is 0 Å². The van der Waals surface area contributed by atoms with Gasteiger partial charge < -0.3 is 5.32 Å². The van der Waals surface area contributed by atoms with Crippen molar-refractivity contribution in [3.63, 3.8) is 0 Å². The van der Waals surface area contributed by atoms with Crippen molar-refractivity contribution in [3.8, 4) is 6.07 Å². The molecule has 0 radical (unpaired) electrons. The van der Waals surface area contributed by atoms with E-state index in [0.717, 1.165) is 24.2 Å². The minimum absolute atomic E-state index is 0.281. The molecule has 0 aliphatic carbocycles. The largest absolute Gasteiger partial charge is 0.355 e. The minimum Gasteiger partial charge on any atom is -0.355 e. The smallest absolute Gasteiger partial charge is 0.245 e. The number of aryl methyl sites for hydroxylation is 2. The lowest BCUT2D eigenvalue weighted by Crippen LogP contribution is -2.30. The molecule has 5 heteroatoms. The highest BCUT2D eigenvalue weighted by Crippen LogP contribution is 2.12. The van der Waals surface area contributed by atoms with Crippen LogP contribution >= 0.6 is 0 Å². The summed E-state index contributed by atoms with van der Waals surface area (Å²) in [5.41, 5.74) is 1.53. The fourth-order valence-corrected chi connectivity index (χ4v) is 1.61. The van der Waals surface area contributed by atoms with E-state index in [1.807, 2.05) is 32.9 Å². The molecule has 1 unspecified atom stereocenters. The summed E-state index contributed by atoms with van der Waals surface area (Å²) in [7, 11) is 0. The molecule has 0 aromatic carbocycles. The number of aromatic nitrogens is 2. The van der Waals surface area contributed by atoms with Crippen molar-refractivity contribution < 1.29 is 4.79 Å². The van der Waals surface area contributed by atoms with Gasteiger partial charge in [0.2, 0.25) is 5.91 Å². The highest BCUT2D eigenvalue weighted by molar-refractivity contribution is 5.85. The molecule has 0 spiro atoms. The molecule has 0 aliphatic heterocycles. The van der Waals surface area contributed by atoms with Crippen molar-refractivity contribution in [2.45, 2.75) is 39.5 Å². The second-order valence-corrected chi connectivity index (χ2v) is 4.22. The van der Waals surface area contributed by atoms with Crippen molar-refractivity contribution in [1.29, 1.82) is 5.26 Å². The summed E-state index contributed by atoms with van der Waals surface area (Å²) in [6, 6.07) is 3.77. The summed E-state index contributed by atoms with van der Waals surface area (Å²) >= 11 is 0. The zero-order chi connectivity index (χ0) is 13.5. The van der Waals surface area contributed by atoms with E-state index in [4.69, 9.17) is 5.26 Å². The Labute approximate surface area is 107 Å². The maximum absolute atomic E-state index is 11.9. The number of unbranched alkanes of at least 4 members (excludes halogenated alkanes) is 1. The normalized spacial score (nSPS) is 11.7. The summed E-state index contributed by atoms with van der Waals surface area (Å²) in [6.07, 6.45) is 1.90. The van der Waals surface area contributed by atoms with Crippen molar-refractivity contribution in [2.24, 2.45) is 0 Å². The Kier molecular flexibility index (Phi) is 5.25. The molecule has 1 aromatic heterocycles. The second-order valence-electron chi connectivity index (χ2n) is 4.22. The van der Waals surface area contributed by atoms with Gasteiger partial charge in [-0.3, -0.25) is 4.79 Å². The van der Waals surface area contributed by atoms with Gasteiger partial charge in [0.05, 0.1) is 6.07 Å². The first-order chi connectivity index (χ1) is 8.58. The van der Waals surface area contributed by atoms with Crippen LogP contribution in [0.2, 0.25) is 0 Å². The maximum Gasteiger partial charge on any atom is 0.245 e. The van der Waals surface area contributed by atoms with E-state index in [-0.39, 0.29) is 11.7 Å². The van der Waals surface area contributed by atoms with Crippen LogP contribution in [0, 0.1) is 25.2 Å². The second kappa shape index (κ2) is 6.70. The summed E-state index contributed by atoms with van der Waals surface area (Å²) < 4.78 is 0. The quantitative estimate of drug-likeness (QED) is 0.801. The van der Waals surface area contributed by atoms with Crippen LogP contribution in [-0.4, -0.2) is 22.4 Å². The van der Waals surface area contributed by atoms with Crippen molar-refractivity contribution in [1.82, 2.24) is 15.3 Å². The third-order valence-corrected chi connectivity index (χ3v) is 2.48. The molecule has 0 saturated carbocycles. The summed E-state index contributed by atoms with van der Waals surface area (Å²) in [5.74, 6) is -0.972. The molecule has 5 nitrogen and oxygen atoms in total. The lowest BCUT2D eigenvalue weighted by molar-refractivity contribution is -0.121. The van der Waals surface area contributed by atoms with Gasteiger partial charge in [-0.05, 0) is 26.3 Å². The predicted molar refractivity (Wildman–Crippen MR) is 67.8 cm³/mol. The third kappa shape index (κ3) is 3.81. The third-order valence-electron chi connectivity index (χ3n) is 2.48. The molecule has 1 amide bonds. The first-order valence-electron chi connectivity index (χ1n) is 6.08. The molecular weight excluding hydrogens is 228 g/mol. The van der Waals surface area contributed by atoms with Crippen LogP contribution in [-0.2, 0) is 4.79 Å². The summed E-state index contributed by atoms with van der Waals surface area (Å²) in [6.45, 7) is 6.27. The first kappa shape index (κ1) is 14.1. The van der Waals surface area contributed by atoms with Gasteiger partial charge in [0.1, 0.15) is 0 Å². The molecule has 1 rings (SSSR count). The van der Waals surface area contributed by atoms with Crippen LogP contribution in [0.1, 0.15) is 42.9 Å². The van der Waals surface area contributed by atoms with Gasteiger partial charge in [-0.25, -0.2) is 9.97 Å². The number of hydrogen-bond donors (Lipinski definition) is 1. The van der Waals surface area contributed by atoms with Crippen molar-refractivity contribution >= 4 is 5.91 Å². The molecular formula is C13H18N4O. The van der Waals surface area contributed by atoms with Crippen LogP contribution in [0.25, 0.3) is 0 Å². The maximum atomic E-state index is 11.9. The SMILES string of the molecule is CCCCNC(=O)C(C#N)c1nc(C)cc(C)n1. The van der Waals surface area contributed by atoms with Crippen LogP contribution in [0.4, 0.5) is 0 Å². The van der Waals surface area contributed by atoms with E-state index in [1.54, 1.807) is 0 Å². The minimum atomic E-state index is -0.930. The molecule has 0 saturated heterocycles. The Morgan fingerprint density at radius 1 is 1.44 bits per heavy atom. The molecule has 1 heterocycles. The van der Waals surface area contributed by atoms with Crippen LogP contribution in [0.15, 0.2) is 6.07 Å². The van der Waals surface area contributed by atoms with Gasteiger partial charge in [-0.2, -0.15) is 5.26 Å². The first-order valence-corrected chi connectivity index (χ1v) is 6.08. The number of hydrogen-bond acceptors (Lipinski definition) is 4. The highest BCUT2D eigenvalue weighted by Gasteiger charge is 2.23. The van der Waals surface area contributed by atoms with E-state index >= 15 is 0 Å². The van der Waals surface area contributed by atoms with E-state index in [2.05, 4.69) is 15.3 Å². The molecule has 0 aliphatic rings. The molecule has 1 aromatic rings. The van der Waals surface area contributed by atoms with Crippen molar-refractivity contribution in [3.05, 3.63) is 23.3 Å². The van der Waals surface area contributed by atoms with Gasteiger partial charge in [-0.1, -0.05) is 13.3 Å². The Morgan fingerprint density at radius 2 is 2.06 bits per heavy atom. The lowest BCUT2D eigenvalue weighted by Gasteiger charge is -2.10. The van der Waals surface area contributed by atoms with Crippen LogP contribution in [0.5, 0.6) is 0 Å². The molecule has 96 valence electrons. The standard InChI is InChI=1S/C13H18N4O/c1-4-5-6-15-13(18)11(8-14)12-16-9(2)7-10(3)17-12/h7,11H,4-6H2,1-3H3,(H,15,18).